The largest absolute Gasteiger partial charge is 0.573 e. The summed E-state index contributed by atoms with van der Waals surface area (Å²) in [6, 6.07) is 14.3. The Morgan fingerprint density at radius 2 is 1.71 bits per heavy atom. The van der Waals surface area contributed by atoms with Crippen molar-refractivity contribution in [1.29, 1.82) is 5.26 Å². The molecular formula is C29H33F3N4O2. The number of para-hydroxylation sites is 1. The SMILES string of the molecule is N#Cc1ccc(N2CCN(CC3CCc4ccccc4N3C(=O)C3CCCCC3)CC2)c(OC(F)(F)F)c1. The van der Waals surface area contributed by atoms with Crippen LogP contribution in [0.4, 0.5) is 24.5 Å². The molecule has 2 aromatic rings. The number of carbonyl (C=O) groups excluding carboxylic acids is 1. The number of amides is 1. The van der Waals surface area contributed by atoms with Gasteiger partial charge in [0, 0.05) is 56.4 Å². The fourth-order valence-corrected chi connectivity index (χ4v) is 6.14. The summed E-state index contributed by atoms with van der Waals surface area (Å²) in [5.41, 5.74) is 2.70. The zero-order valence-electron chi connectivity index (χ0n) is 21.4. The number of alkyl halides is 3. The van der Waals surface area contributed by atoms with E-state index in [1.807, 2.05) is 23.1 Å². The Bertz CT molecular complexity index is 1180. The van der Waals surface area contributed by atoms with Gasteiger partial charge in [-0.25, -0.2) is 0 Å². The first-order valence-corrected chi connectivity index (χ1v) is 13.5. The van der Waals surface area contributed by atoms with E-state index in [0.29, 0.717) is 31.9 Å². The fourth-order valence-electron chi connectivity index (χ4n) is 6.14. The number of hydrogen-bond donors (Lipinski definition) is 0. The van der Waals surface area contributed by atoms with E-state index in [1.54, 1.807) is 0 Å². The predicted molar refractivity (Wildman–Crippen MR) is 139 cm³/mol. The van der Waals surface area contributed by atoms with Crippen LogP contribution in [0, 0.1) is 17.2 Å². The number of ether oxygens (including phenoxy) is 1. The third-order valence-corrected chi connectivity index (χ3v) is 8.05. The highest BCUT2D eigenvalue weighted by atomic mass is 19.4. The maximum Gasteiger partial charge on any atom is 0.573 e. The number of nitrogens with zero attached hydrogens (tertiary/aromatic N) is 4. The van der Waals surface area contributed by atoms with E-state index in [-0.39, 0.29) is 29.2 Å². The van der Waals surface area contributed by atoms with Crippen LogP contribution in [0.5, 0.6) is 5.75 Å². The Morgan fingerprint density at radius 3 is 2.42 bits per heavy atom. The summed E-state index contributed by atoms with van der Waals surface area (Å²) in [7, 11) is 0. The molecule has 2 fully saturated rings. The Morgan fingerprint density at radius 1 is 0.974 bits per heavy atom. The van der Waals surface area contributed by atoms with E-state index in [4.69, 9.17) is 5.26 Å². The van der Waals surface area contributed by atoms with Crippen molar-refractivity contribution in [2.24, 2.45) is 5.92 Å². The molecule has 0 N–H and O–H groups in total. The fraction of sp³-hybridized carbons (Fsp3) is 0.517. The van der Waals surface area contributed by atoms with Crippen LogP contribution < -0.4 is 14.5 Å². The van der Waals surface area contributed by atoms with E-state index in [0.717, 1.165) is 56.8 Å². The van der Waals surface area contributed by atoms with Crippen LogP contribution in [0.1, 0.15) is 49.7 Å². The standard InChI is InChI=1S/C29H33F3N4O2/c30-29(31,32)38-27-18-21(19-33)10-13-26(27)35-16-14-34(15-17-35)20-24-12-11-22-6-4-5-9-25(22)36(24)28(37)23-7-2-1-3-8-23/h4-6,9-10,13,18,23-24H,1-3,7-8,11-12,14-17,20H2. The Labute approximate surface area is 221 Å². The smallest absolute Gasteiger partial charge is 0.404 e. The second-order valence-electron chi connectivity index (χ2n) is 10.5. The highest BCUT2D eigenvalue weighted by molar-refractivity contribution is 5.97. The van der Waals surface area contributed by atoms with Gasteiger partial charge in [0.2, 0.25) is 5.91 Å². The summed E-state index contributed by atoms with van der Waals surface area (Å²) in [4.78, 5) is 20.0. The van der Waals surface area contributed by atoms with Gasteiger partial charge in [0.25, 0.3) is 0 Å². The van der Waals surface area contributed by atoms with Crippen LogP contribution in [-0.2, 0) is 11.2 Å². The second-order valence-corrected chi connectivity index (χ2v) is 10.5. The van der Waals surface area contributed by atoms with Crippen molar-refractivity contribution in [1.82, 2.24) is 4.90 Å². The summed E-state index contributed by atoms with van der Waals surface area (Å²) in [5, 5.41) is 9.12. The van der Waals surface area contributed by atoms with Gasteiger partial charge >= 0.3 is 6.36 Å². The molecule has 0 bridgehead atoms. The lowest BCUT2D eigenvalue weighted by atomic mass is 9.86. The first kappa shape index (κ1) is 26.4. The van der Waals surface area contributed by atoms with Gasteiger partial charge in [-0.15, -0.1) is 13.2 Å². The van der Waals surface area contributed by atoms with Crippen molar-refractivity contribution in [3.8, 4) is 11.8 Å². The first-order valence-electron chi connectivity index (χ1n) is 13.5. The van der Waals surface area contributed by atoms with Crippen molar-refractivity contribution in [3.05, 3.63) is 53.6 Å². The molecule has 1 atom stereocenters. The highest BCUT2D eigenvalue weighted by Crippen LogP contribution is 2.37. The number of rotatable bonds is 5. The van der Waals surface area contributed by atoms with Gasteiger partial charge in [-0.3, -0.25) is 9.69 Å². The third-order valence-electron chi connectivity index (χ3n) is 8.05. The predicted octanol–water partition coefficient (Wildman–Crippen LogP) is 5.51. The molecule has 1 amide bonds. The van der Waals surface area contributed by atoms with Crippen molar-refractivity contribution < 1.29 is 22.7 Å². The van der Waals surface area contributed by atoms with E-state index < -0.39 is 6.36 Å². The summed E-state index contributed by atoms with van der Waals surface area (Å²) in [6.45, 7) is 3.12. The molecule has 2 aliphatic heterocycles. The number of aryl methyl sites for hydroxylation is 1. The van der Waals surface area contributed by atoms with Gasteiger partial charge in [0.05, 0.1) is 17.3 Å². The number of piperazine rings is 1. The minimum absolute atomic E-state index is 0.0740. The molecule has 0 radical (unpaired) electrons. The Balaban J connectivity index is 1.28. The number of benzene rings is 2. The van der Waals surface area contributed by atoms with Gasteiger partial charge in [-0.2, -0.15) is 5.26 Å². The molecule has 1 aliphatic carbocycles. The molecular weight excluding hydrogens is 493 g/mol. The maximum atomic E-state index is 13.8. The minimum Gasteiger partial charge on any atom is -0.404 e. The van der Waals surface area contributed by atoms with Crippen molar-refractivity contribution in [2.75, 3.05) is 42.5 Å². The molecule has 2 aromatic carbocycles. The molecule has 3 aliphatic rings. The monoisotopic (exact) mass is 526 g/mol. The van der Waals surface area contributed by atoms with Gasteiger partial charge in [0.1, 0.15) is 0 Å². The lowest BCUT2D eigenvalue weighted by Gasteiger charge is -2.44. The number of hydrogen-bond acceptors (Lipinski definition) is 5. The average Bonchev–Trinajstić information content (AvgIpc) is 2.92. The number of nitriles is 1. The second kappa shape index (κ2) is 11.2. The van der Waals surface area contributed by atoms with Crippen LogP contribution in [-0.4, -0.2) is 55.9 Å². The van der Waals surface area contributed by atoms with E-state index in [9.17, 15) is 18.0 Å². The molecule has 0 spiro atoms. The maximum absolute atomic E-state index is 13.8. The number of carbonyl (C=O) groups is 1. The molecule has 1 saturated carbocycles. The molecule has 38 heavy (non-hydrogen) atoms. The Hall–Kier alpha value is -3.25. The molecule has 1 saturated heterocycles. The first-order chi connectivity index (χ1) is 18.3. The van der Waals surface area contributed by atoms with Crippen LogP contribution in [0.3, 0.4) is 0 Å². The molecule has 6 nitrogen and oxygen atoms in total. The molecule has 202 valence electrons. The van der Waals surface area contributed by atoms with Crippen molar-refractivity contribution in [3.63, 3.8) is 0 Å². The van der Waals surface area contributed by atoms with Gasteiger partial charge in [-0.1, -0.05) is 37.5 Å². The van der Waals surface area contributed by atoms with Gasteiger partial charge < -0.3 is 14.5 Å². The van der Waals surface area contributed by atoms with Gasteiger partial charge in [0.15, 0.2) is 5.75 Å². The lowest BCUT2D eigenvalue weighted by molar-refractivity contribution is -0.274. The van der Waals surface area contributed by atoms with Crippen LogP contribution in [0.25, 0.3) is 0 Å². The van der Waals surface area contributed by atoms with Crippen molar-refractivity contribution >= 4 is 17.3 Å². The van der Waals surface area contributed by atoms with E-state index >= 15 is 0 Å². The normalized spacial score (nSPS) is 21.1. The third kappa shape index (κ3) is 5.91. The zero-order chi connectivity index (χ0) is 26.7. The quantitative estimate of drug-likeness (QED) is 0.515. The van der Waals surface area contributed by atoms with Crippen molar-refractivity contribution in [2.45, 2.75) is 57.3 Å². The van der Waals surface area contributed by atoms with E-state index in [1.165, 1.54) is 24.1 Å². The highest BCUT2D eigenvalue weighted by Gasteiger charge is 2.37. The van der Waals surface area contributed by atoms with Gasteiger partial charge in [-0.05, 0) is 49.4 Å². The Kier molecular flexibility index (Phi) is 7.80. The topological polar surface area (TPSA) is 59.8 Å². The molecule has 9 heteroatoms. The van der Waals surface area contributed by atoms with Crippen LogP contribution in [0.15, 0.2) is 42.5 Å². The summed E-state index contributed by atoms with van der Waals surface area (Å²) < 4.78 is 43.3. The van der Waals surface area contributed by atoms with Crippen LogP contribution in [0.2, 0.25) is 0 Å². The molecule has 1 unspecified atom stereocenters. The average molecular weight is 527 g/mol. The summed E-state index contributed by atoms with van der Waals surface area (Å²) in [5.74, 6) is -0.0251. The lowest BCUT2D eigenvalue weighted by Crippen LogP contribution is -2.55. The van der Waals surface area contributed by atoms with E-state index in [2.05, 4.69) is 26.7 Å². The minimum atomic E-state index is -4.84. The number of fused-ring (bicyclic) bond motifs is 1. The zero-order valence-corrected chi connectivity index (χ0v) is 21.4. The number of halogens is 3. The van der Waals surface area contributed by atoms with Crippen LogP contribution >= 0.6 is 0 Å². The molecule has 5 rings (SSSR count). The summed E-state index contributed by atoms with van der Waals surface area (Å²) >= 11 is 0. The molecule has 0 aromatic heterocycles. The molecule has 2 heterocycles. The number of anilines is 2. The summed E-state index contributed by atoms with van der Waals surface area (Å²) in [6.07, 6.45) is 2.31.